The molecule has 1 atom stereocenters. The van der Waals surface area contributed by atoms with Gasteiger partial charge in [-0.15, -0.1) is 0 Å². The summed E-state index contributed by atoms with van der Waals surface area (Å²) in [6.45, 7) is 6.52. The number of hydrogen-bond donors (Lipinski definition) is 1. The lowest BCUT2D eigenvalue weighted by atomic mass is 10.1. The fourth-order valence-corrected chi connectivity index (χ4v) is 3.65. The molecule has 1 saturated heterocycles. The Morgan fingerprint density at radius 1 is 1.30 bits per heavy atom. The summed E-state index contributed by atoms with van der Waals surface area (Å²) in [5, 5.41) is 3.11. The van der Waals surface area contributed by atoms with E-state index in [1.807, 2.05) is 0 Å². The molecule has 0 unspecified atom stereocenters. The van der Waals surface area contributed by atoms with Crippen LogP contribution in [0.2, 0.25) is 0 Å². The summed E-state index contributed by atoms with van der Waals surface area (Å²) in [6.07, 6.45) is 4.83. The minimum absolute atomic E-state index is 0.231. The third-order valence-electron chi connectivity index (χ3n) is 4.92. The summed E-state index contributed by atoms with van der Waals surface area (Å²) >= 11 is 0. The van der Waals surface area contributed by atoms with Crippen molar-refractivity contribution in [2.24, 2.45) is 5.92 Å². The molecular weight excluding hydrogens is 288 g/mol. The normalized spacial score (nSPS) is 23.1. The third-order valence-corrected chi connectivity index (χ3v) is 4.92. The van der Waals surface area contributed by atoms with E-state index >= 15 is 0 Å². The molecule has 0 bridgehead atoms. The molecule has 0 aromatic heterocycles. The quantitative estimate of drug-likeness (QED) is 0.908. The first-order chi connectivity index (χ1) is 11.2. The maximum Gasteiger partial charge on any atom is 0.223 e. The van der Waals surface area contributed by atoms with Gasteiger partial charge in [0.15, 0.2) is 0 Å². The van der Waals surface area contributed by atoms with Crippen LogP contribution in [0.15, 0.2) is 24.3 Å². The minimum Gasteiger partial charge on any atom is -0.376 e. The van der Waals surface area contributed by atoms with Crippen LogP contribution in [0, 0.1) is 5.92 Å². The number of nitrogens with zero attached hydrogens (tertiary/aromatic N) is 1. The molecule has 1 aliphatic carbocycles. The Morgan fingerprint density at radius 2 is 2.09 bits per heavy atom. The van der Waals surface area contributed by atoms with Gasteiger partial charge < -0.3 is 10.1 Å². The highest BCUT2D eigenvalue weighted by Gasteiger charge is 2.22. The summed E-state index contributed by atoms with van der Waals surface area (Å²) in [5.74, 6) is 0.475. The molecule has 2 fully saturated rings. The molecule has 0 spiro atoms. The number of rotatable bonds is 5. The predicted molar refractivity (Wildman–Crippen MR) is 90.9 cm³/mol. The van der Waals surface area contributed by atoms with E-state index in [2.05, 4.69) is 41.4 Å². The molecule has 1 aromatic carbocycles. The number of amides is 1. The fraction of sp³-hybridized carbons (Fsp3) is 0.632. The van der Waals surface area contributed by atoms with E-state index in [0.29, 0.717) is 12.6 Å². The molecule has 2 aliphatic rings. The number of ether oxygens (including phenoxy) is 1. The molecule has 3 rings (SSSR count). The zero-order valence-electron chi connectivity index (χ0n) is 14.1. The van der Waals surface area contributed by atoms with Gasteiger partial charge in [0.25, 0.3) is 0 Å². The second kappa shape index (κ2) is 7.93. The molecule has 1 amide bonds. The van der Waals surface area contributed by atoms with Crippen LogP contribution in [-0.2, 0) is 22.6 Å². The van der Waals surface area contributed by atoms with Gasteiger partial charge >= 0.3 is 0 Å². The van der Waals surface area contributed by atoms with Gasteiger partial charge in [0, 0.05) is 32.1 Å². The smallest absolute Gasteiger partial charge is 0.223 e. The predicted octanol–water partition coefficient (Wildman–Crippen LogP) is 2.71. The average molecular weight is 316 g/mol. The number of carbonyl (C=O) groups is 1. The van der Waals surface area contributed by atoms with Crippen LogP contribution >= 0.6 is 0 Å². The van der Waals surface area contributed by atoms with Gasteiger partial charge in [0.2, 0.25) is 5.91 Å². The Labute approximate surface area is 139 Å². The summed E-state index contributed by atoms with van der Waals surface area (Å²) in [5.41, 5.74) is 2.50. The summed E-state index contributed by atoms with van der Waals surface area (Å²) in [7, 11) is 0. The van der Waals surface area contributed by atoms with Crippen LogP contribution in [0.5, 0.6) is 0 Å². The van der Waals surface area contributed by atoms with Gasteiger partial charge in [-0.2, -0.15) is 0 Å². The van der Waals surface area contributed by atoms with Crippen molar-refractivity contribution in [3.05, 3.63) is 35.4 Å². The first kappa shape index (κ1) is 16.5. The summed E-state index contributed by atoms with van der Waals surface area (Å²) in [6, 6.07) is 8.58. The van der Waals surface area contributed by atoms with Crippen LogP contribution in [0.4, 0.5) is 0 Å². The van der Waals surface area contributed by atoms with E-state index in [4.69, 9.17) is 4.74 Å². The van der Waals surface area contributed by atoms with Crippen molar-refractivity contribution in [1.29, 1.82) is 0 Å². The SMILES string of the molecule is C[C@@H]1CN(Cc2cccc(CNC(=O)C3CCCC3)c2)CCO1. The Bertz CT molecular complexity index is 526. The highest BCUT2D eigenvalue weighted by Crippen LogP contribution is 2.24. The zero-order chi connectivity index (χ0) is 16.1. The second-order valence-electron chi connectivity index (χ2n) is 6.94. The van der Waals surface area contributed by atoms with Crippen LogP contribution < -0.4 is 5.32 Å². The van der Waals surface area contributed by atoms with Gasteiger partial charge in [0.1, 0.15) is 0 Å². The van der Waals surface area contributed by atoms with Crippen LogP contribution in [0.1, 0.15) is 43.7 Å². The maximum absolute atomic E-state index is 12.1. The van der Waals surface area contributed by atoms with Crippen molar-refractivity contribution >= 4 is 5.91 Å². The molecule has 1 aliphatic heterocycles. The molecule has 1 heterocycles. The molecule has 0 radical (unpaired) electrons. The molecule has 4 heteroatoms. The topological polar surface area (TPSA) is 41.6 Å². The highest BCUT2D eigenvalue weighted by molar-refractivity contribution is 5.78. The van der Waals surface area contributed by atoms with Crippen molar-refractivity contribution in [2.75, 3.05) is 19.7 Å². The Kier molecular flexibility index (Phi) is 5.68. The lowest BCUT2D eigenvalue weighted by molar-refractivity contribution is -0.124. The highest BCUT2D eigenvalue weighted by atomic mass is 16.5. The molecule has 1 N–H and O–H groups in total. The first-order valence-electron chi connectivity index (χ1n) is 8.90. The number of morpholine rings is 1. The number of hydrogen-bond acceptors (Lipinski definition) is 3. The van der Waals surface area contributed by atoms with Crippen molar-refractivity contribution in [3.63, 3.8) is 0 Å². The molecule has 4 nitrogen and oxygen atoms in total. The van der Waals surface area contributed by atoms with Crippen LogP contribution in [0.3, 0.4) is 0 Å². The lowest BCUT2D eigenvalue weighted by Crippen LogP contribution is -2.40. The monoisotopic (exact) mass is 316 g/mol. The van der Waals surface area contributed by atoms with Gasteiger partial charge in [-0.1, -0.05) is 37.1 Å². The van der Waals surface area contributed by atoms with E-state index in [1.165, 1.54) is 24.0 Å². The second-order valence-corrected chi connectivity index (χ2v) is 6.94. The van der Waals surface area contributed by atoms with Gasteiger partial charge in [-0.05, 0) is 30.9 Å². The minimum atomic E-state index is 0.231. The number of benzene rings is 1. The van der Waals surface area contributed by atoms with E-state index in [-0.39, 0.29) is 11.8 Å². The Balaban J connectivity index is 1.51. The lowest BCUT2D eigenvalue weighted by Gasteiger charge is -2.31. The number of nitrogens with one attached hydrogen (secondary N) is 1. The standard InChI is InChI=1S/C19H28N2O2/c1-15-13-21(9-10-23-15)14-17-6-4-5-16(11-17)12-20-19(22)18-7-2-3-8-18/h4-6,11,15,18H,2-3,7-10,12-14H2,1H3,(H,20,22)/t15-/m1/s1. The maximum atomic E-state index is 12.1. The van der Waals surface area contributed by atoms with Crippen LogP contribution in [0.25, 0.3) is 0 Å². The average Bonchev–Trinajstić information content (AvgIpc) is 3.07. The van der Waals surface area contributed by atoms with E-state index < -0.39 is 0 Å². The molecule has 126 valence electrons. The summed E-state index contributed by atoms with van der Waals surface area (Å²) in [4.78, 5) is 14.6. The van der Waals surface area contributed by atoms with Crippen molar-refractivity contribution in [3.8, 4) is 0 Å². The van der Waals surface area contributed by atoms with Crippen molar-refractivity contribution in [1.82, 2.24) is 10.2 Å². The first-order valence-corrected chi connectivity index (χ1v) is 8.90. The Morgan fingerprint density at radius 3 is 2.87 bits per heavy atom. The summed E-state index contributed by atoms with van der Waals surface area (Å²) < 4.78 is 5.59. The molecule has 1 saturated carbocycles. The molecule has 1 aromatic rings. The van der Waals surface area contributed by atoms with Crippen LogP contribution in [-0.4, -0.2) is 36.6 Å². The fourth-order valence-electron chi connectivity index (χ4n) is 3.65. The third kappa shape index (κ3) is 4.79. The molecular formula is C19H28N2O2. The number of carbonyl (C=O) groups excluding carboxylic acids is 1. The van der Waals surface area contributed by atoms with E-state index in [9.17, 15) is 4.79 Å². The van der Waals surface area contributed by atoms with Gasteiger partial charge in [-0.25, -0.2) is 0 Å². The van der Waals surface area contributed by atoms with E-state index in [0.717, 1.165) is 39.1 Å². The zero-order valence-corrected chi connectivity index (χ0v) is 14.1. The molecule has 23 heavy (non-hydrogen) atoms. The van der Waals surface area contributed by atoms with E-state index in [1.54, 1.807) is 0 Å². The Hall–Kier alpha value is -1.39. The van der Waals surface area contributed by atoms with Crippen molar-refractivity contribution < 1.29 is 9.53 Å². The van der Waals surface area contributed by atoms with Crippen molar-refractivity contribution in [2.45, 2.75) is 51.8 Å². The largest absolute Gasteiger partial charge is 0.376 e. The van der Waals surface area contributed by atoms with Gasteiger partial charge in [0.05, 0.1) is 12.7 Å². The van der Waals surface area contributed by atoms with Gasteiger partial charge in [-0.3, -0.25) is 9.69 Å².